The first-order valence-electron chi connectivity index (χ1n) is 5.44. The zero-order valence-electron chi connectivity index (χ0n) is 10.3. The Balaban J connectivity index is 2.32. The second-order valence-corrected chi connectivity index (χ2v) is 5.96. The molecule has 4 N–H and O–H groups in total. The minimum atomic E-state index is 0.280. The Morgan fingerprint density at radius 3 is 2.47 bits per heavy atom. The molecular weight excluding hydrogens is 298 g/mol. The Labute approximate surface area is 125 Å². The van der Waals surface area contributed by atoms with Gasteiger partial charge in [0.1, 0.15) is 21.4 Å². The highest BCUT2D eigenvalue weighted by Crippen LogP contribution is 2.23. The highest BCUT2D eigenvalue weighted by atomic mass is 32.1. The zero-order valence-corrected chi connectivity index (χ0v) is 12.7. The van der Waals surface area contributed by atoms with Gasteiger partial charge in [-0.2, -0.15) is 0 Å². The summed E-state index contributed by atoms with van der Waals surface area (Å²) in [7, 11) is 1.64. The van der Waals surface area contributed by atoms with Crippen LogP contribution in [-0.4, -0.2) is 16.7 Å². The van der Waals surface area contributed by atoms with E-state index in [0.29, 0.717) is 21.2 Å². The number of hydrogen-bond acceptors (Lipinski definition) is 5. The molecule has 100 valence electrons. The lowest BCUT2D eigenvalue weighted by molar-refractivity contribution is 0.414. The Morgan fingerprint density at radius 2 is 2.00 bits per heavy atom. The monoisotopic (exact) mass is 311 g/mol. The van der Waals surface area contributed by atoms with E-state index in [1.807, 2.05) is 28.8 Å². The van der Waals surface area contributed by atoms with Gasteiger partial charge in [-0.05, 0) is 29.9 Å². The number of benzene rings is 1. The van der Waals surface area contributed by atoms with Gasteiger partial charge in [-0.3, -0.25) is 0 Å². The van der Waals surface area contributed by atoms with Crippen molar-refractivity contribution >= 4 is 46.6 Å². The Bertz CT molecular complexity index is 658. The maximum absolute atomic E-state index is 6.02. The average Bonchev–Trinajstić information content (AvgIpc) is 2.68. The molecule has 0 radical (unpaired) electrons. The molecule has 0 amide bonds. The number of hydrogen-bond donors (Lipinski definition) is 2. The SMILES string of the molecule is COc1ccc(Cn2c(N)c(C(N)=S)sc2=S)cc1. The predicted molar refractivity (Wildman–Crippen MR) is 85.5 cm³/mol. The van der Waals surface area contributed by atoms with Crippen LogP contribution in [0.3, 0.4) is 0 Å². The maximum Gasteiger partial charge on any atom is 0.163 e. The summed E-state index contributed by atoms with van der Waals surface area (Å²) in [6, 6.07) is 7.74. The maximum atomic E-state index is 6.02. The number of rotatable bonds is 4. The van der Waals surface area contributed by atoms with Crippen molar-refractivity contribution in [2.75, 3.05) is 12.8 Å². The van der Waals surface area contributed by atoms with Gasteiger partial charge in [-0.1, -0.05) is 24.4 Å². The highest BCUT2D eigenvalue weighted by Gasteiger charge is 2.12. The van der Waals surface area contributed by atoms with Crippen molar-refractivity contribution in [1.82, 2.24) is 4.57 Å². The van der Waals surface area contributed by atoms with Crippen molar-refractivity contribution in [2.45, 2.75) is 6.54 Å². The van der Waals surface area contributed by atoms with Gasteiger partial charge in [0.25, 0.3) is 0 Å². The molecule has 0 atom stereocenters. The van der Waals surface area contributed by atoms with E-state index < -0.39 is 0 Å². The largest absolute Gasteiger partial charge is 0.497 e. The summed E-state index contributed by atoms with van der Waals surface area (Å²) in [6.07, 6.45) is 0. The van der Waals surface area contributed by atoms with E-state index in [1.54, 1.807) is 7.11 Å². The fraction of sp³-hybridized carbons (Fsp3) is 0.167. The topological polar surface area (TPSA) is 66.2 Å². The average molecular weight is 311 g/mol. The van der Waals surface area contributed by atoms with Crippen LogP contribution in [0.5, 0.6) is 5.75 Å². The molecule has 0 aliphatic rings. The number of aromatic nitrogens is 1. The van der Waals surface area contributed by atoms with Crippen LogP contribution >= 0.6 is 35.8 Å². The summed E-state index contributed by atoms with van der Waals surface area (Å²) in [5.74, 6) is 1.34. The molecule has 1 aromatic carbocycles. The second kappa shape index (κ2) is 5.68. The third-order valence-corrected chi connectivity index (χ3v) is 4.49. The van der Waals surface area contributed by atoms with Crippen LogP contribution in [0.15, 0.2) is 24.3 Å². The first-order valence-corrected chi connectivity index (χ1v) is 7.08. The zero-order chi connectivity index (χ0) is 14.0. The number of nitrogens with two attached hydrogens (primary N) is 2. The normalized spacial score (nSPS) is 10.4. The molecule has 0 saturated heterocycles. The van der Waals surface area contributed by atoms with Crippen molar-refractivity contribution in [2.24, 2.45) is 5.73 Å². The van der Waals surface area contributed by atoms with Crippen LogP contribution in [0.1, 0.15) is 10.4 Å². The van der Waals surface area contributed by atoms with Crippen molar-refractivity contribution in [3.8, 4) is 5.75 Å². The minimum absolute atomic E-state index is 0.280. The summed E-state index contributed by atoms with van der Waals surface area (Å²) in [4.78, 5) is 0.954. The number of thiazole rings is 1. The van der Waals surface area contributed by atoms with Crippen molar-refractivity contribution in [3.05, 3.63) is 38.7 Å². The molecule has 0 aliphatic heterocycles. The molecular formula is C12H13N3OS3. The smallest absolute Gasteiger partial charge is 0.163 e. The molecule has 0 spiro atoms. The van der Waals surface area contributed by atoms with Crippen molar-refractivity contribution < 1.29 is 4.74 Å². The third kappa shape index (κ3) is 2.94. The number of ether oxygens (including phenoxy) is 1. The third-order valence-electron chi connectivity index (χ3n) is 2.66. The van der Waals surface area contributed by atoms with Crippen LogP contribution in [0.4, 0.5) is 5.82 Å². The van der Waals surface area contributed by atoms with Gasteiger partial charge in [-0.15, -0.1) is 11.3 Å². The van der Waals surface area contributed by atoms with Gasteiger partial charge in [0.15, 0.2) is 3.95 Å². The highest BCUT2D eigenvalue weighted by molar-refractivity contribution is 7.81. The molecule has 19 heavy (non-hydrogen) atoms. The summed E-state index contributed by atoms with van der Waals surface area (Å²) < 4.78 is 7.61. The molecule has 0 unspecified atom stereocenters. The lowest BCUT2D eigenvalue weighted by atomic mass is 10.2. The fourth-order valence-corrected chi connectivity index (χ4v) is 3.06. The molecule has 1 aromatic heterocycles. The van der Waals surface area contributed by atoms with E-state index in [0.717, 1.165) is 11.3 Å². The first-order chi connectivity index (χ1) is 9.02. The summed E-state index contributed by atoms with van der Waals surface area (Å²) in [5, 5.41) is 0. The van der Waals surface area contributed by atoms with Gasteiger partial charge >= 0.3 is 0 Å². The molecule has 7 heteroatoms. The number of methoxy groups -OCH3 is 1. The van der Waals surface area contributed by atoms with Gasteiger partial charge in [0, 0.05) is 0 Å². The van der Waals surface area contributed by atoms with Crippen LogP contribution in [0, 0.1) is 3.95 Å². The fourth-order valence-electron chi connectivity index (χ4n) is 1.66. The number of nitrogen functional groups attached to an aromatic ring is 1. The Morgan fingerprint density at radius 1 is 1.37 bits per heavy atom. The lowest BCUT2D eigenvalue weighted by Crippen LogP contribution is -2.12. The van der Waals surface area contributed by atoms with E-state index in [9.17, 15) is 0 Å². The van der Waals surface area contributed by atoms with Gasteiger partial charge < -0.3 is 20.8 Å². The van der Waals surface area contributed by atoms with Crippen molar-refractivity contribution in [1.29, 1.82) is 0 Å². The number of anilines is 1. The predicted octanol–water partition coefficient (Wildman–Crippen LogP) is 2.55. The Hall–Kier alpha value is -1.44. The number of nitrogens with zero attached hydrogens (tertiary/aromatic N) is 1. The molecule has 4 nitrogen and oxygen atoms in total. The summed E-state index contributed by atoms with van der Waals surface area (Å²) >= 11 is 11.6. The van der Waals surface area contributed by atoms with Crippen LogP contribution < -0.4 is 16.2 Å². The molecule has 2 rings (SSSR count). The van der Waals surface area contributed by atoms with Crippen LogP contribution in [-0.2, 0) is 6.54 Å². The molecule has 0 bridgehead atoms. The van der Waals surface area contributed by atoms with Crippen molar-refractivity contribution in [3.63, 3.8) is 0 Å². The van der Waals surface area contributed by atoms with E-state index >= 15 is 0 Å². The molecule has 0 fully saturated rings. The summed E-state index contributed by atoms with van der Waals surface area (Å²) in [5.41, 5.74) is 12.7. The standard InChI is InChI=1S/C12H13N3OS3/c1-16-8-4-2-7(3-5-8)6-15-10(13)9(11(14)17)19-12(15)18/h2-5H,6,13H2,1H3,(H2,14,17). The molecule has 2 aromatic rings. The Kier molecular flexibility index (Phi) is 4.18. The van der Waals surface area contributed by atoms with Gasteiger partial charge in [0.05, 0.1) is 13.7 Å². The van der Waals surface area contributed by atoms with Crippen LogP contribution in [0.2, 0.25) is 0 Å². The second-order valence-electron chi connectivity index (χ2n) is 3.88. The molecule has 0 saturated carbocycles. The first kappa shape index (κ1) is 14.0. The number of thiocarbonyl (C=S) groups is 1. The van der Waals surface area contributed by atoms with E-state index in [-0.39, 0.29) is 4.99 Å². The van der Waals surface area contributed by atoms with Gasteiger partial charge in [0.2, 0.25) is 0 Å². The quantitative estimate of drug-likeness (QED) is 0.850. The summed E-state index contributed by atoms with van der Waals surface area (Å²) in [6.45, 7) is 0.591. The van der Waals surface area contributed by atoms with E-state index in [2.05, 4.69) is 0 Å². The van der Waals surface area contributed by atoms with E-state index in [4.69, 9.17) is 40.6 Å². The minimum Gasteiger partial charge on any atom is -0.497 e. The van der Waals surface area contributed by atoms with E-state index in [1.165, 1.54) is 11.3 Å². The molecule has 1 heterocycles. The lowest BCUT2D eigenvalue weighted by Gasteiger charge is -2.07. The molecule has 0 aliphatic carbocycles. The van der Waals surface area contributed by atoms with Gasteiger partial charge in [-0.25, -0.2) is 0 Å². The van der Waals surface area contributed by atoms with Crippen LogP contribution in [0.25, 0.3) is 0 Å².